The first-order chi connectivity index (χ1) is 12.3. The minimum Gasteiger partial charge on any atom is -0.339 e. The summed E-state index contributed by atoms with van der Waals surface area (Å²) >= 11 is 0. The van der Waals surface area contributed by atoms with E-state index in [1.54, 1.807) is 0 Å². The molecule has 1 amide bonds. The van der Waals surface area contributed by atoms with E-state index in [1.165, 1.54) is 10.5 Å². The Morgan fingerprint density at radius 2 is 1.85 bits per heavy atom. The number of amides is 1. The van der Waals surface area contributed by atoms with E-state index in [2.05, 4.69) is 50.1 Å². The van der Waals surface area contributed by atoms with Crippen molar-refractivity contribution in [2.45, 2.75) is 39.0 Å². The zero-order chi connectivity index (χ0) is 18.7. The lowest BCUT2D eigenvalue weighted by Gasteiger charge is -2.30. The summed E-state index contributed by atoms with van der Waals surface area (Å²) in [6.45, 7) is 10.3. The van der Waals surface area contributed by atoms with Crippen molar-refractivity contribution < 1.29 is 14.2 Å². The van der Waals surface area contributed by atoms with Gasteiger partial charge in [-0.15, -0.1) is 0 Å². The third-order valence-corrected chi connectivity index (χ3v) is 5.00. The van der Waals surface area contributed by atoms with E-state index < -0.39 is 0 Å². The van der Waals surface area contributed by atoms with E-state index in [-0.39, 0.29) is 11.3 Å². The number of nitrogens with zero attached hydrogens (tertiary/aromatic N) is 3. The predicted molar refractivity (Wildman–Crippen MR) is 100.0 cm³/mol. The van der Waals surface area contributed by atoms with E-state index in [9.17, 15) is 4.79 Å². The molecule has 1 aromatic heterocycles. The van der Waals surface area contributed by atoms with Crippen molar-refractivity contribution in [2.24, 2.45) is 0 Å². The van der Waals surface area contributed by atoms with Gasteiger partial charge in [-0.1, -0.05) is 50.2 Å². The van der Waals surface area contributed by atoms with Crippen LogP contribution in [0.4, 0.5) is 0 Å². The number of nitrogens with one attached hydrogen (secondary N) is 1. The van der Waals surface area contributed by atoms with Gasteiger partial charge in [0.15, 0.2) is 0 Å². The van der Waals surface area contributed by atoms with E-state index >= 15 is 0 Å². The summed E-state index contributed by atoms with van der Waals surface area (Å²) in [6, 6.07) is 8.24. The lowest BCUT2D eigenvalue weighted by molar-refractivity contribution is -0.883. The third kappa shape index (κ3) is 4.49. The summed E-state index contributed by atoms with van der Waals surface area (Å²) < 4.78 is 5.34. The number of piperazine rings is 1. The Morgan fingerprint density at radius 3 is 2.46 bits per heavy atom. The fourth-order valence-corrected chi connectivity index (χ4v) is 3.10. The Hall–Kier alpha value is -2.21. The second-order valence-corrected chi connectivity index (χ2v) is 8.18. The van der Waals surface area contributed by atoms with Crippen LogP contribution in [-0.2, 0) is 16.6 Å². The first-order valence-corrected chi connectivity index (χ1v) is 9.35. The number of rotatable bonds is 4. The highest BCUT2D eigenvalue weighted by atomic mass is 16.5. The molecule has 1 fully saturated rings. The van der Waals surface area contributed by atoms with Crippen molar-refractivity contribution in [2.75, 3.05) is 33.2 Å². The van der Waals surface area contributed by atoms with Crippen LogP contribution in [0.5, 0.6) is 0 Å². The number of benzene rings is 1. The van der Waals surface area contributed by atoms with Crippen LogP contribution in [0.3, 0.4) is 0 Å². The Labute approximate surface area is 155 Å². The maximum atomic E-state index is 12.3. The van der Waals surface area contributed by atoms with Crippen molar-refractivity contribution in [3.05, 3.63) is 35.7 Å². The molecule has 0 radical (unpaired) electrons. The quantitative estimate of drug-likeness (QED) is 0.897. The molecule has 26 heavy (non-hydrogen) atoms. The van der Waals surface area contributed by atoms with Gasteiger partial charge in [0.25, 0.3) is 0 Å². The van der Waals surface area contributed by atoms with Gasteiger partial charge in [0.05, 0.1) is 33.2 Å². The van der Waals surface area contributed by atoms with Gasteiger partial charge < -0.3 is 14.3 Å². The van der Waals surface area contributed by atoms with Gasteiger partial charge in [-0.05, 0) is 11.0 Å². The standard InChI is InChI=1S/C20H28N4O2/c1-20(2,3)16-7-5-15(6-8-16)19-21-17(26-22-19)9-10-18(25)24-13-11-23(4)12-14-24/h5-8H,9-14H2,1-4H3/p+1. The fraction of sp³-hybridized carbons (Fsp3) is 0.550. The second-order valence-electron chi connectivity index (χ2n) is 8.18. The van der Waals surface area contributed by atoms with Crippen molar-refractivity contribution in [3.63, 3.8) is 0 Å². The molecule has 0 atom stereocenters. The van der Waals surface area contributed by atoms with Crippen LogP contribution in [0.25, 0.3) is 11.4 Å². The number of hydrogen-bond acceptors (Lipinski definition) is 4. The zero-order valence-corrected chi connectivity index (χ0v) is 16.2. The van der Waals surface area contributed by atoms with E-state index in [1.807, 2.05) is 17.0 Å². The molecule has 1 saturated heterocycles. The lowest BCUT2D eigenvalue weighted by Crippen LogP contribution is -3.12. The molecule has 140 valence electrons. The minimum atomic E-state index is 0.117. The molecule has 0 spiro atoms. The monoisotopic (exact) mass is 357 g/mol. The lowest BCUT2D eigenvalue weighted by atomic mass is 9.87. The van der Waals surface area contributed by atoms with E-state index in [4.69, 9.17) is 4.52 Å². The van der Waals surface area contributed by atoms with Crippen LogP contribution in [0, 0.1) is 0 Å². The molecular weight excluding hydrogens is 328 g/mol. The van der Waals surface area contributed by atoms with Crippen LogP contribution >= 0.6 is 0 Å². The maximum Gasteiger partial charge on any atom is 0.227 e. The van der Waals surface area contributed by atoms with E-state index in [0.29, 0.717) is 24.6 Å². The average Bonchev–Trinajstić information content (AvgIpc) is 3.09. The van der Waals surface area contributed by atoms with Crippen molar-refractivity contribution in [3.8, 4) is 11.4 Å². The van der Waals surface area contributed by atoms with Crippen LogP contribution in [-0.4, -0.2) is 54.2 Å². The van der Waals surface area contributed by atoms with Crippen LogP contribution in [0.2, 0.25) is 0 Å². The number of quaternary nitrogens is 1. The molecule has 0 bridgehead atoms. The summed E-state index contributed by atoms with van der Waals surface area (Å²) in [4.78, 5) is 20.2. The first-order valence-electron chi connectivity index (χ1n) is 9.35. The molecule has 1 aliphatic heterocycles. The number of likely N-dealkylation sites (N-methyl/N-ethyl adjacent to an activating group) is 1. The number of carbonyl (C=O) groups excluding carboxylic acids is 1. The smallest absolute Gasteiger partial charge is 0.227 e. The maximum absolute atomic E-state index is 12.3. The molecule has 3 rings (SSSR count). The molecule has 1 aromatic carbocycles. The zero-order valence-electron chi connectivity index (χ0n) is 16.2. The van der Waals surface area contributed by atoms with Gasteiger partial charge in [0.2, 0.25) is 17.6 Å². The van der Waals surface area contributed by atoms with Gasteiger partial charge >= 0.3 is 0 Å². The summed E-state index contributed by atoms with van der Waals surface area (Å²) in [6.07, 6.45) is 0.911. The Morgan fingerprint density at radius 1 is 1.19 bits per heavy atom. The summed E-state index contributed by atoms with van der Waals surface area (Å²) in [5.74, 6) is 1.27. The molecule has 0 saturated carbocycles. The Balaban J connectivity index is 1.57. The number of aromatic nitrogens is 2. The topological polar surface area (TPSA) is 63.7 Å². The van der Waals surface area contributed by atoms with Gasteiger partial charge in [0.1, 0.15) is 0 Å². The fourth-order valence-electron chi connectivity index (χ4n) is 3.10. The minimum absolute atomic E-state index is 0.117. The normalized spacial score (nSPS) is 16.1. The van der Waals surface area contributed by atoms with Crippen LogP contribution < -0.4 is 4.90 Å². The van der Waals surface area contributed by atoms with Crippen LogP contribution in [0.1, 0.15) is 38.6 Å². The van der Waals surface area contributed by atoms with Crippen molar-refractivity contribution >= 4 is 5.91 Å². The molecule has 6 nitrogen and oxygen atoms in total. The highest BCUT2D eigenvalue weighted by Crippen LogP contribution is 2.25. The highest BCUT2D eigenvalue weighted by molar-refractivity contribution is 5.76. The van der Waals surface area contributed by atoms with Gasteiger partial charge in [0, 0.05) is 18.4 Å². The van der Waals surface area contributed by atoms with Crippen molar-refractivity contribution in [1.82, 2.24) is 15.0 Å². The molecule has 6 heteroatoms. The molecule has 1 N–H and O–H groups in total. The van der Waals surface area contributed by atoms with Gasteiger partial charge in [-0.2, -0.15) is 4.98 Å². The van der Waals surface area contributed by atoms with E-state index in [0.717, 1.165) is 31.7 Å². The Kier molecular flexibility index (Phi) is 5.41. The highest BCUT2D eigenvalue weighted by Gasteiger charge is 2.22. The van der Waals surface area contributed by atoms with Gasteiger partial charge in [-0.25, -0.2) is 0 Å². The average molecular weight is 357 g/mol. The van der Waals surface area contributed by atoms with Gasteiger partial charge in [-0.3, -0.25) is 4.79 Å². The second kappa shape index (κ2) is 7.58. The van der Waals surface area contributed by atoms with Crippen molar-refractivity contribution in [1.29, 1.82) is 0 Å². The molecule has 1 aliphatic rings. The SMILES string of the molecule is C[NH+]1CCN(C(=O)CCc2nc(-c3ccc(C(C)(C)C)cc3)no2)CC1. The molecule has 0 aliphatic carbocycles. The summed E-state index contributed by atoms with van der Waals surface area (Å²) in [5, 5.41) is 4.06. The summed E-state index contributed by atoms with van der Waals surface area (Å²) in [7, 11) is 2.16. The Bertz CT molecular complexity index is 738. The number of hydrogen-bond donors (Lipinski definition) is 1. The number of carbonyl (C=O) groups is 1. The molecular formula is C20H29N4O2+. The molecule has 2 heterocycles. The van der Waals surface area contributed by atoms with Crippen LogP contribution in [0.15, 0.2) is 28.8 Å². The third-order valence-electron chi connectivity index (χ3n) is 5.00. The largest absolute Gasteiger partial charge is 0.339 e. The predicted octanol–water partition coefficient (Wildman–Crippen LogP) is 1.32. The molecule has 0 unspecified atom stereocenters. The summed E-state index contributed by atoms with van der Waals surface area (Å²) in [5.41, 5.74) is 2.32. The first kappa shape index (κ1) is 18.6. The number of aryl methyl sites for hydroxylation is 1. The molecule has 2 aromatic rings.